The first-order valence-corrected chi connectivity index (χ1v) is 10.1. The minimum atomic E-state index is -3.26. The molecule has 1 aromatic carbocycles. The minimum absolute atomic E-state index is 0.0739. The molecule has 0 aliphatic carbocycles. The molecule has 0 saturated carbocycles. The largest absolute Gasteiger partial charge is 0.380 e. The molecule has 0 N–H and O–H groups in total. The predicted molar refractivity (Wildman–Crippen MR) is 94.2 cm³/mol. The van der Waals surface area contributed by atoms with Gasteiger partial charge in [0.05, 0.1) is 22.4 Å². The first-order valence-electron chi connectivity index (χ1n) is 8.43. The quantitative estimate of drug-likeness (QED) is 0.748. The highest BCUT2D eigenvalue weighted by Crippen LogP contribution is 2.24. The standard InChI is InChI=1S/C18H24N2O4S/c1-14-10-16(24-19-14)11-15-12-20(13-18(15)23-2)8-9-25(21,22)17-6-4-3-5-7-17/h3-7,10,15,18H,8-9,11-13H2,1-2H3/t15-,18+/m1/s1. The van der Waals surface area contributed by atoms with E-state index in [4.69, 9.17) is 9.26 Å². The van der Waals surface area contributed by atoms with Crippen molar-refractivity contribution in [1.29, 1.82) is 0 Å². The van der Waals surface area contributed by atoms with Crippen molar-refractivity contribution in [3.05, 3.63) is 47.9 Å². The van der Waals surface area contributed by atoms with Gasteiger partial charge < -0.3 is 9.26 Å². The molecule has 0 bridgehead atoms. The molecule has 1 aliphatic rings. The summed E-state index contributed by atoms with van der Waals surface area (Å²) in [4.78, 5) is 2.54. The molecule has 3 rings (SSSR count). The Morgan fingerprint density at radius 2 is 2.04 bits per heavy atom. The van der Waals surface area contributed by atoms with E-state index in [9.17, 15) is 8.42 Å². The van der Waals surface area contributed by atoms with Crippen LogP contribution < -0.4 is 0 Å². The van der Waals surface area contributed by atoms with E-state index >= 15 is 0 Å². The third-order valence-corrected chi connectivity index (χ3v) is 6.39. The van der Waals surface area contributed by atoms with Gasteiger partial charge in [0.25, 0.3) is 0 Å². The average Bonchev–Trinajstić information content (AvgIpc) is 3.20. The number of methoxy groups -OCH3 is 1. The molecule has 1 saturated heterocycles. The van der Waals surface area contributed by atoms with E-state index in [0.717, 1.165) is 31.0 Å². The number of aryl methyl sites for hydroxylation is 1. The fourth-order valence-corrected chi connectivity index (χ4v) is 4.64. The second kappa shape index (κ2) is 7.68. The fraction of sp³-hybridized carbons (Fsp3) is 0.500. The van der Waals surface area contributed by atoms with E-state index in [1.807, 2.05) is 19.1 Å². The lowest BCUT2D eigenvalue weighted by molar-refractivity contribution is 0.0767. The fourth-order valence-electron chi connectivity index (χ4n) is 3.34. The lowest BCUT2D eigenvalue weighted by Crippen LogP contribution is -2.28. The Kier molecular flexibility index (Phi) is 5.56. The number of aromatic nitrogens is 1. The number of hydrogen-bond acceptors (Lipinski definition) is 6. The first-order chi connectivity index (χ1) is 12.0. The van der Waals surface area contributed by atoms with E-state index in [1.165, 1.54) is 0 Å². The Bertz CT molecular complexity index is 788. The molecule has 0 amide bonds. The zero-order valence-corrected chi connectivity index (χ0v) is 15.4. The zero-order chi connectivity index (χ0) is 17.9. The summed E-state index contributed by atoms with van der Waals surface area (Å²) in [6.07, 6.45) is 0.825. The third kappa shape index (κ3) is 4.48. The van der Waals surface area contributed by atoms with Gasteiger partial charge in [0.2, 0.25) is 0 Å². The Hall–Kier alpha value is -1.70. The summed E-state index contributed by atoms with van der Waals surface area (Å²) in [7, 11) is -1.55. The summed E-state index contributed by atoms with van der Waals surface area (Å²) in [6.45, 7) is 3.93. The van der Waals surface area contributed by atoms with Crippen molar-refractivity contribution in [2.24, 2.45) is 5.92 Å². The summed E-state index contributed by atoms with van der Waals surface area (Å²) in [5.74, 6) is 1.24. The van der Waals surface area contributed by atoms with Crippen LogP contribution in [0.25, 0.3) is 0 Å². The monoisotopic (exact) mass is 364 g/mol. The van der Waals surface area contributed by atoms with Gasteiger partial charge in [0, 0.05) is 45.1 Å². The van der Waals surface area contributed by atoms with Crippen LogP contribution in [-0.4, -0.2) is 57.1 Å². The molecular formula is C18H24N2O4S. The number of hydrogen-bond donors (Lipinski definition) is 0. The zero-order valence-electron chi connectivity index (χ0n) is 14.6. The molecule has 25 heavy (non-hydrogen) atoms. The maximum absolute atomic E-state index is 12.4. The smallest absolute Gasteiger partial charge is 0.179 e. The maximum atomic E-state index is 12.4. The molecule has 1 aromatic heterocycles. The molecule has 0 spiro atoms. The average molecular weight is 364 g/mol. The summed E-state index contributed by atoms with van der Waals surface area (Å²) in [5.41, 5.74) is 0.868. The van der Waals surface area contributed by atoms with Crippen molar-refractivity contribution < 1.29 is 17.7 Å². The van der Waals surface area contributed by atoms with Gasteiger partial charge in [-0.25, -0.2) is 8.42 Å². The van der Waals surface area contributed by atoms with E-state index in [2.05, 4.69) is 10.1 Å². The molecule has 2 atom stereocenters. The van der Waals surface area contributed by atoms with Crippen LogP contribution in [0.4, 0.5) is 0 Å². The lowest BCUT2D eigenvalue weighted by atomic mass is 10.0. The summed E-state index contributed by atoms with van der Waals surface area (Å²) < 4.78 is 35.8. The summed E-state index contributed by atoms with van der Waals surface area (Å²) >= 11 is 0. The molecule has 6 nitrogen and oxygen atoms in total. The highest BCUT2D eigenvalue weighted by atomic mass is 32.2. The summed E-state index contributed by atoms with van der Waals surface area (Å²) in [6, 6.07) is 10.5. The molecule has 7 heteroatoms. The lowest BCUT2D eigenvalue weighted by Gasteiger charge is -2.15. The second-order valence-corrected chi connectivity index (χ2v) is 8.67. The normalized spacial score (nSPS) is 21.7. The van der Waals surface area contributed by atoms with Crippen LogP contribution in [0, 0.1) is 12.8 Å². The molecule has 1 fully saturated rings. The number of likely N-dealkylation sites (tertiary alicyclic amines) is 1. The van der Waals surface area contributed by atoms with Crippen LogP contribution in [0.1, 0.15) is 11.5 Å². The van der Waals surface area contributed by atoms with Crippen LogP contribution >= 0.6 is 0 Å². The van der Waals surface area contributed by atoms with Crippen LogP contribution in [-0.2, 0) is 21.0 Å². The van der Waals surface area contributed by atoms with E-state index in [-0.39, 0.29) is 17.8 Å². The molecule has 0 radical (unpaired) electrons. The van der Waals surface area contributed by atoms with Gasteiger partial charge in [0.15, 0.2) is 9.84 Å². The number of ether oxygens (including phenoxy) is 1. The Labute approximate surface area is 148 Å². The Balaban J connectivity index is 1.59. The van der Waals surface area contributed by atoms with Crippen molar-refractivity contribution in [3.63, 3.8) is 0 Å². The van der Waals surface area contributed by atoms with Crippen molar-refractivity contribution in [3.8, 4) is 0 Å². The van der Waals surface area contributed by atoms with Gasteiger partial charge in [-0.3, -0.25) is 4.90 Å². The van der Waals surface area contributed by atoms with Crippen LogP contribution in [0.15, 0.2) is 45.8 Å². The van der Waals surface area contributed by atoms with E-state index in [0.29, 0.717) is 11.4 Å². The van der Waals surface area contributed by atoms with Crippen molar-refractivity contribution in [1.82, 2.24) is 10.1 Å². The highest BCUT2D eigenvalue weighted by molar-refractivity contribution is 7.91. The van der Waals surface area contributed by atoms with Gasteiger partial charge in [0.1, 0.15) is 5.76 Å². The van der Waals surface area contributed by atoms with Crippen molar-refractivity contribution >= 4 is 9.84 Å². The summed E-state index contributed by atoms with van der Waals surface area (Å²) in [5, 5.41) is 3.92. The Morgan fingerprint density at radius 3 is 2.68 bits per heavy atom. The molecule has 1 aliphatic heterocycles. The van der Waals surface area contributed by atoms with Crippen LogP contribution in [0.2, 0.25) is 0 Å². The van der Waals surface area contributed by atoms with E-state index in [1.54, 1.807) is 31.4 Å². The minimum Gasteiger partial charge on any atom is -0.380 e. The van der Waals surface area contributed by atoms with Crippen LogP contribution in [0.3, 0.4) is 0 Å². The van der Waals surface area contributed by atoms with Gasteiger partial charge in [-0.15, -0.1) is 0 Å². The van der Waals surface area contributed by atoms with Crippen LogP contribution in [0.5, 0.6) is 0 Å². The van der Waals surface area contributed by atoms with Gasteiger partial charge >= 0.3 is 0 Å². The van der Waals surface area contributed by atoms with E-state index < -0.39 is 9.84 Å². The third-order valence-electron chi connectivity index (χ3n) is 4.68. The molecule has 136 valence electrons. The Morgan fingerprint density at radius 1 is 1.28 bits per heavy atom. The van der Waals surface area contributed by atoms with Gasteiger partial charge in [-0.05, 0) is 19.1 Å². The molecule has 2 aromatic rings. The maximum Gasteiger partial charge on any atom is 0.179 e. The topological polar surface area (TPSA) is 72.6 Å². The molecule has 2 heterocycles. The number of nitrogens with zero attached hydrogens (tertiary/aromatic N) is 2. The van der Waals surface area contributed by atoms with Gasteiger partial charge in [-0.1, -0.05) is 23.4 Å². The predicted octanol–water partition coefficient (Wildman–Crippen LogP) is 1.95. The number of sulfone groups is 1. The molecular weight excluding hydrogens is 340 g/mol. The van der Waals surface area contributed by atoms with Gasteiger partial charge in [-0.2, -0.15) is 0 Å². The van der Waals surface area contributed by atoms with Crippen molar-refractivity contribution in [2.75, 3.05) is 32.5 Å². The number of rotatable bonds is 7. The molecule has 0 unspecified atom stereocenters. The second-order valence-electron chi connectivity index (χ2n) is 6.56. The highest BCUT2D eigenvalue weighted by Gasteiger charge is 2.34. The first kappa shape index (κ1) is 18.1. The SMILES string of the molecule is CO[C@H]1CN(CCS(=O)(=O)c2ccccc2)C[C@H]1Cc1cc(C)no1. The number of benzene rings is 1. The van der Waals surface area contributed by atoms with Crippen molar-refractivity contribution in [2.45, 2.75) is 24.3 Å².